The van der Waals surface area contributed by atoms with E-state index in [0.717, 1.165) is 18.2 Å². The van der Waals surface area contributed by atoms with Gasteiger partial charge in [-0.25, -0.2) is 8.78 Å². The molecule has 0 aliphatic rings. The Balaban J connectivity index is 2.99. The van der Waals surface area contributed by atoms with Gasteiger partial charge in [-0.05, 0) is 18.2 Å². The monoisotopic (exact) mass is 220 g/mol. The standard InChI is InChI=1S/C9H10F2O2S/c10-5-1-2-7(11)6(3-5)9(13)8(12)4-14/h1-3,8-9,12-14H,4H2. The largest absolute Gasteiger partial charge is 0.389 e. The van der Waals surface area contributed by atoms with Crippen molar-refractivity contribution in [3.8, 4) is 0 Å². The van der Waals surface area contributed by atoms with E-state index in [2.05, 4.69) is 12.6 Å². The van der Waals surface area contributed by atoms with Crippen LogP contribution in [0.4, 0.5) is 8.78 Å². The van der Waals surface area contributed by atoms with Crippen LogP contribution in [0.25, 0.3) is 0 Å². The lowest BCUT2D eigenvalue weighted by Gasteiger charge is -2.16. The van der Waals surface area contributed by atoms with Gasteiger partial charge in [-0.3, -0.25) is 0 Å². The maximum absolute atomic E-state index is 13.1. The number of benzene rings is 1. The zero-order chi connectivity index (χ0) is 10.7. The fourth-order valence-electron chi connectivity index (χ4n) is 1.05. The molecule has 78 valence electrons. The highest BCUT2D eigenvalue weighted by atomic mass is 32.1. The summed E-state index contributed by atoms with van der Waals surface area (Å²) in [5.41, 5.74) is -0.258. The third-order valence-electron chi connectivity index (χ3n) is 1.83. The van der Waals surface area contributed by atoms with Crippen molar-refractivity contribution in [2.45, 2.75) is 12.2 Å². The minimum Gasteiger partial charge on any atom is -0.389 e. The number of aliphatic hydroxyl groups is 2. The number of halogens is 2. The van der Waals surface area contributed by atoms with Crippen LogP contribution in [-0.2, 0) is 0 Å². The Kier molecular flexibility index (Phi) is 3.86. The van der Waals surface area contributed by atoms with Gasteiger partial charge in [0, 0.05) is 11.3 Å². The molecule has 0 aromatic heterocycles. The summed E-state index contributed by atoms with van der Waals surface area (Å²) in [5.74, 6) is -1.44. The Bertz CT molecular complexity index is 320. The molecule has 0 saturated carbocycles. The van der Waals surface area contributed by atoms with Gasteiger partial charge in [0.05, 0.1) is 6.10 Å². The average molecular weight is 220 g/mol. The number of aliphatic hydroxyl groups excluding tert-OH is 2. The predicted octanol–water partition coefficient (Wildman–Crippen LogP) is 1.29. The molecule has 5 heteroatoms. The van der Waals surface area contributed by atoms with Crippen LogP contribution in [0.3, 0.4) is 0 Å². The molecule has 1 aromatic rings. The maximum Gasteiger partial charge on any atom is 0.129 e. The molecule has 0 bridgehead atoms. The van der Waals surface area contributed by atoms with Gasteiger partial charge in [-0.15, -0.1) is 0 Å². The van der Waals surface area contributed by atoms with Gasteiger partial charge >= 0.3 is 0 Å². The fraction of sp³-hybridized carbons (Fsp3) is 0.333. The van der Waals surface area contributed by atoms with Gasteiger partial charge in [0.2, 0.25) is 0 Å². The van der Waals surface area contributed by atoms with Gasteiger partial charge in [0.1, 0.15) is 17.7 Å². The highest BCUT2D eigenvalue weighted by Gasteiger charge is 2.20. The second-order valence-corrected chi connectivity index (χ2v) is 3.23. The van der Waals surface area contributed by atoms with E-state index in [-0.39, 0.29) is 11.3 Å². The molecule has 0 aliphatic carbocycles. The van der Waals surface area contributed by atoms with E-state index >= 15 is 0 Å². The Morgan fingerprint density at radius 2 is 1.93 bits per heavy atom. The van der Waals surface area contributed by atoms with Crippen molar-refractivity contribution < 1.29 is 19.0 Å². The SMILES string of the molecule is OC(CS)C(O)c1cc(F)ccc1F. The Morgan fingerprint density at radius 3 is 2.50 bits per heavy atom. The summed E-state index contributed by atoms with van der Waals surface area (Å²) in [7, 11) is 0. The highest BCUT2D eigenvalue weighted by Crippen LogP contribution is 2.21. The lowest BCUT2D eigenvalue weighted by atomic mass is 10.0. The smallest absolute Gasteiger partial charge is 0.129 e. The average Bonchev–Trinajstić information content (AvgIpc) is 2.19. The first-order chi connectivity index (χ1) is 6.56. The van der Waals surface area contributed by atoms with Crippen LogP contribution in [0.5, 0.6) is 0 Å². The van der Waals surface area contributed by atoms with Crippen molar-refractivity contribution in [3.63, 3.8) is 0 Å². The van der Waals surface area contributed by atoms with E-state index in [1.165, 1.54) is 0 Å². The Labute approximate surface area is 85.6 Å². The normalized spacial score (nSPS) is 15.2. The molecule has 0 heterocycles. The minimum atomic E-state index is -1.46. The van der Waals surface area contributed by atoms with Crippen molar-refractivity contribution in [1.82, 2.24) is 0 Å². The molecule has 14 heavy (non-hydrogen) atoms. The first-order valence-corrected chi connectivity index (χ1v) is 4.61. The fourth-order valence-corrected chi connectivity index (χ4v) is 1.25. The summed E-state index contributed by atoms with van der Waals surface area (Å²) in [6.45, 7) is 0. The lowest BCUT2D eigenvalue weighted by molar-refractivity contribution is 0.0313. The summed E-state index contributed by atoms with van der Waals surface area (Å²) in [6.07, 6.45) is -2.67. The second-order valence-electron chi connectivity index (χ2n) is 2.86. The molecule has 1 rings (SSSR count). The molecule has 0 radical (unpaired) electrons. The first-order valence-electron chi connectivity index (χ1n) is 3.98. The second kappa shape index (κ2) is 4.72. The predicted molar refractivity (Wildman–Crippen MR) is 51.2 cm³/mol. The van der Waals surface area contributed by atoms with Crippen LogP contribution >= 0.6 is 12.6 Å². The van der Waals surface area contributed by atoms with Crippen molar-refractivity contribution in [2.75, 3.05) is 5.75 Å². The van der Waals surface area contributed by atoms with Crippen LogP contribution in [0.2, 0.25) is 0 Å². The number of rotatable bonds is 3. The molecule has 0 spiro atoms. The van der Waals surface area contributed by atoms with E-state index in [4.69, 9.17) is 0 Å². The number of hydrogen-bond donors (Lipinski definition) is 3. The summed E-state index contributed by atoms with van der Waals surface area (Å²) < 4.78 is 25.8. The third kappa shape index (κ3) is 2.43. The zero-order valence-electron chi connectivity index (χ0n) is 7.19. The van der Waals surface area contributed by atoms with Crippen LogP contribution < -0.4 is 0 Å². The summed E-state index contributed by atoms with van der Waals surface area (Å²) in [4.78, 5) is 0. The summed E-state index contributed by atoms with van der Waals surface area (Å²) in [6, 6.07) is 2.70. The van der Waals surface area contributed by atoms with E-state index in [9.17, 15) is 19.0 Å². The third-order valence-corrected chi connectivity index (χ3v) is 2.20. The molecule has 0 amide bonds. The van der Waals surface area contributed by atoms with E-state index < -0.39 is 23.8 Å². The molecule has 1 aromatic carbocycles. The first kappa shape index (κ1) is 11.4. The molecular weight excluding hydrogens is 210 g/mol. The van der Waals surface area contributed by atoms with Crippen molar-refractivity contribution in [1.29, 1.82) is 0 Å². The summed E-state index contributed by atoms with van der Waals surface area (Å²) >= 11 is 3.74. The van der Waals surface area contributed by atoms with E-state index in [1.807, 2.05) is 0 Å². The Hall–Kier alpha value is -0.650. The van der Waals surface area contributed by atoms with Crippen LogP contribution in [-0.4, -0.2) is 22.1 Å². The van der Waals surface area contributed by atoms with E-state index in [1.54, 1.807) is 0 Å². The van der Waals surface area contributed by atoms with Crippen molar-refractivity contribution >= 4 is 12.6 Å². The highest BCUT2D eigenvalue weighted by molar-refractivity contribution is 7.80. The topological polar surface area (TPSA) is 40.5 Å². The number of hydrogen-bond acceptors (Lipinski definition) is 3. The molecule has 2 N–H and O–H groups in total. The quantitative estimate of drug-likeness (QED) is 0.672. The van der Waals surface area contributed by atoms with E-state index in [0.29, 0.717) is 0 Å². The van der Waals surface area contributed by atoms with Crippen LogP contribution in [0, 0.1) is 11.6 Å². The Morgan fingerprint density at radius 1 is 1.29 bits per heavy atom. The zero-order valence-corrected chi connectivity index (χ0v) is 8.09. The van der Waals surface area contributed by atoms with Gasteiger partial charge < -0.3 is 10.2 Å². The molecule has 2 atom stereocenters. The van der Waals surface area contributed by atoms with Crippen LogP contribution in [0.1, 0.15) is 11.7 Å². The number of thiol groups is 1. The van der Waals surface area contributed by atoms with Crippen molar-refractivity contribution in [2.24, 2.45) is 0 Å². The molecule has 0 fully saturated rings. The van der Waals surface area contributed by atoms with Gasteiger partial charge in [-0.1, -0.05) is 0 Å². The molecule has 2 nitrogen and oxygen atoms in total. The van der Waals surface area contributed by atoms with Crippen molar-refractivity contribution in [3.05, 3.63) is 35.4 Å². The van der Waals surface area contributed by atoms with Crippen LogP contribution in [0.15, 0.2) is 18.2 Å². The molecule has 0 saturated heterocycles. The summed E-state index contributed by atoms with van der Waals surface area (Å²) in [5, 5.41) is 18.6. The van der Waals surface area contributed by atoms with Gasteiger partial charge in [-0.2, -0.15) is 12.6 Å². The maximum atomic E-state index is 13.1. The van der Waals surface area contributed by atoms with Gasteiger partial charge in [0.25, 0.3) is 0 Å². The molecular formula is C9H10F2O2S. The lowest BCUT2D eigenvalue weighted by Crippen LogP contribution is -2.20. The minimum absolute atomic E-state index is 0.0306. The molecule has 0 aliphatic heterocycles. The molecule has 2 unspecified atom stereocenters. The van der Waals surface area contributed by atoms with Gasteiger partial charge in [0.15, 0.2) is 0 Å².